The Bertz CT molecular complexity index is 454. The van der Waals surface area contributed by atoms with Crippen molar-refractivity contribution in [2.45, 2.75) is 30.5 Å². The van der Waals surface area contributed by atoms with E-state index in [4.69, 9.17) is 17.3 Å². The Morgan fingerprint density at radius 2 is 2.00 bits per heavy atom. The fraction of sp³-hybridized carbons (Fsp3) is 0.400. The molecule has 0 aliphatic heterocycles. The zero-order chi connectivity index (χ0) is 11.6. The molecule has 0 saturated heterocycles. The van der Waals surface area contributed by atoms with Gasteiger partial charge in [0.2, 0.25) is 0 Å². The van der Waals surface area contributed by atoms with E-state index in [0.717, 1.165) is 0 Å². The maximum absolute atomic E-state index is 11.9. The highest BCUT2D eigenvalue weighted by Gasteiger charge is 2.21. The largest absolute Gasteiger partial charge is 0.326 e. The molecule has 0 aliphatic rings. The Labute approximate surface area is 95.2 Å². The van der Waals surface area contributed by atoms with E-state index in [1.807, 2.05) is 0 Å². The maximum Gasteiger partial charge on any atom is 0.181 e. The molecular formula is C10H14ClNO2S. The first-order chi connectivity index (χ1) is 6.89. The Morgan fingerprint density at radius 3 is 2.47 bits per heavy atom. The van der Waals surface area contributed by atoms with Crippen molar-refractivity contribution in [2.75, 3.05) is 0 Å². The molecule has 0 heterocycles. The summed E-state index contributed by atoms with van der Waals surface area (Å²) in [6.45, 7) is 3.45. The molecule has 84 valence electrons. The molecule has 0 atom stereocenters. The van der Waals surface area contributed by atoms with Crippen LogP contribution in [0.25, 0.3) is 0 Å². The lowest BCUT2D eigenvalue weighted by molar-refractivity contribution is 0.586. The number of halogens is 1. The summed E-state index contributed by atoms with van der Waals surface area (Å²) >= 11 is 5.77. The zero-order valence-electron chi connectivity index (χ0n) is 8.70. The molecule has 0 bridgehead atoms. The third-order valence-electron chi connectivity index (χ3n) is 2.17. The number of hydrogen-bond acceptors (Lipinski definition) is 3. The second kappa shape index (κ2) is 4.51. The van der Waals surface area contributed by atoms with Crippen LogP contribution < -0.4 is 5.73 Å². The summed E-state index contributed by atoms with van der Waals surface area (Å²) in [4.78, 5) is 0.282. The van der Waals surface area contributed by atoms with Gasteiger partial charge in [-0.25, -0.2) is 8.42 Å². The Morgan fingerprint density at radius 1 is 1.40 bits per heavy atom. The highest BCUT2D eigenvalue weighted by Crippen LogP contribution is 2.23. The van der Waals surface area contributed by atoms with Gasteiger partial charge in [0.25, 0.3) is 0 Å². The van der Waals surface area contributed by atoms with Gasteiger partial charge in [0, 0.05) is 11.6 Å². The van der Waals surface area contributed by atoms with E-state index in [2.05, 4.69) is 0 Å². The first-order valence-electron chi connectivity index (χ1n) is 4.62. The van der Waals surface area contributed by atoms with Crippen LogP contribution in [0.3, 0.4) is 0 Å². The van der Waals surface area contributed by atoms with Gasteiger partial charge in [0.1, 0.15) is 0 Å². The lowest BCUT2D eigenvalue weighted by atomic mass is 10.2. The van der Waals surface area contributed by atoms with Crippen molar-refractivity contribution in [2.24, 2.45) is 5.73 Å². The van der Waals surface area contributed by atoms with E-state index in [1.54, 1.807) is 26.0 Å². The smallest absolute Gasteiger partial charge is 0.181 e. The number of rotatable bonds is 3. The van der Waals surface area contributed by atoms with Gasteiger partial charge < -0.3 is 5.73 Å². The average molecular weight is 248 g/mol. The van der Waals surface area contributed by atoms with E-state index in [0.29, 0.717) is 10.6 Å². The molecule has 0 fully saturated rings. The minimum atomic E-state index is -3.28. The van der Waals surface area contributed by atoms with Crippen molar-refractivity contribution in [3.63, 3.8) is 0 Å². The van der Waals surface area contributed by atoms with E-state index in [9.17, 15) is 8.42 Å². The molecule has 3 nitrogen and oxygen atoms in total. The van der Waals surface area contributed by atoms with Crippen LogP contribution in [0.2, 0.25) is 5.02 Å². The number of nitrogens with two attached hydrogens (primary N) is 1. The summed E-state index contributed by atoms with van der Waals surface area (Å²) in [5.74, 6) is 0. The van der Waals surface area contributed by atoms with Crippen molar-refractivity contribution < 1.29 is 8.42 Å². The molecule has 15 heavy (non-hydrogen) atoms. The van der Waals surface area contributed by atoms with Gasteiger partial charge in [0.05, 0.1) is 10.1 Å². The van der Waals surface area contributed by atoms with Crippen LogP contribution in [0.4, 0.5) is 0 Å². The first-order valence-corrected chi connectivity index (χ1v) is 6.54. The van der Waals surface area contributed by atoms with Gasteiger partial charge in [-0.05, 0) is 37.6 Å². The van der Waals surface area contributed by atoms with Crippen molar-refractivity contribution in [3.05, 3.63) is 28.8 Å². The molecule has 0 amide bonds. The summed E-state index contributed by atoms with van der Waals surface area (Å²) in [7, 11) is -3.28. The zero-order valence-corrected chi connectivity index (χ0v) is 10.3. The highest BCUT2D eigenvalue weighted by atomic mass is 35.5. The molecule has 0 spiro atoms. The Kier molecular flexibility index (Phi) is 3.76. The molecule has 0 radical (unpaired) electrons. The van der Waals surface area contributed by atoms with E-state index in [1.165, 1.54) is 6.07 Å². The Balaban J connectivity index is 3.38. The molecule has 0 aliphatic carbocycles. The van der Waals surface area contributed by atoms with Crippen molar-refractivity contribution in [1.29, 1.82) is 0 Å². The summed E-state index contributed by atoms with van der Waals surface area (Å²) in [6, 6.07) is 4.67. The quantitative estimate of drug-likeness (QED) is 0.889. The van der Waals surface area contributed by atoms with Gasteiger partial charge in [-0.3, -0.25) is 0 Å². The molecule has 1 rings (SSSR count). The fourth-order valence-corrected chi connectivity index (χ4v) is 2.71. The second-order valence-corrected chi connectivity index (χ2v) is 6.46. The maximum atomic E-state index is 11.9. The molecule has 2 N–H and O–H groups in total. The summed E-state index contributed by atoms with van der Waals surface area (Å²) in [6.07, 6.45) is 0. The van der Waals surface area contributed by atoms with Gasteiger partial charge >= 0.3 is 0 Å². The number of sulfone groups is 1. The molecular weight excluding hydrogens is 234 g/mol. The number of hydrogen-bond donors (Lipinski definition) is 1. The van der Waals surface area contributed by atoms with Crippen LogP contribution in [0, 0.1) is 0 Å². The standard InChI is InChI=1S/C10H14ClNO2S/c1-7(2)15(13,14)10-4-3-9(11)5-8(10)6-12/h3-5,7H,6,12H2,1-2H3. The van der Waals surface area contributed by atoms with Crippen molar-refractivity contribution in [3.8, 4) is 0 Å². The van der Waals surface area contributed by atoms with Crippen LogP contribution in [-0.4, -0.2) is 13.7 Å². The highest BCUT2D eigenvalue weighted by molar-refractivity contribution is 7.92. The predicted octanol–water partition coefficient (Wildman–Crippen LogP) is 1.98. The molecule has 5 heteroatoms. The molecule has 0 unspecified atom stereocenters. The van der Waals surface area contributed by atoms with Crippen molar-refractivity contribution in [1.82, 2.24) is 0 Å². The normalized spacial score (nSPS) is 12.1. The number of benzene rings is 1. The Hall–Kier alpha value is -0.580. The minimum Gasteiger partial charge on any atom is -0.326 e. The lowest BCUT2D eigenvalue weighted by Gasteiger charge is -2.11. The third kappa shape index (κ3) is 2.51. The van der Waals surface area contributed by atoms with Crippen LogP contribution in [-0.2, 0) is 16.4 Å². The van der Waals surface area contributed by atoms with Crippen molar-refractivity contribution >= 4 is 21.4 Å². The topological polar surface area (TPSA) is 60.2 Å². The minimum absolute atomic E-state index is 0.168. The van der Waals surface area contributed by atoms with E-state index >= 15 is 0 Å². The molecule has 1 aromatic carbocycles. The second-order valence-electron chi connectivity index (χ2n) is 3.55. The van der Waals surface area contributed by atoms with Crippen LogP contribution in [0.1, 0.15) is 19.4 Å². The van der Waals surface area contributed by atoms with E-state index in [-0.39, 0.29) is 11.4 Å². The van der Waals surface area contributed by atoms with E-state index < -0.39 is 15.1 Å². The predicted molar refractivity (Wildman–Crippen MR) is 61.7 cm³/mol. The third-order valence-corrected chi connectivity index (χ3v) is 4.66. The van der Waals surface area contributed by atoms with Gasteiger partial charge in [0.15, 0.2) is 9.84 Å². The van der Waals surface area contributed by atoms with Gasteiger partial charge in [-0.15, -0.1) is 0 Å². The van der Waals surface area contributed by atoms with Crippen LogP contribution in [0.15, 0.2) is 23.1 Å². The van der Waals surface area contributed by atoms with Gasteiger partial charge in [-0.2, -0.15) is 0 Å². The summed E-state index contributed by atoms with van der Waals surface area (Å²) in [5, 5.41) is 0.0436. The van der Waals surface area contributed by atoms with Crippen LogP contribution in [0.5, 0.6) is 0 Å². The molecule has 0 aromatic heterocycles. The average Bonchev–Trinajstić information content (AvgIpc) is 2.16. The first kappa shape index (κ1) is 12.5. The molecule has 0 saturated carbocycles. The lowest BCUT2D eigenvalue weighted by Crippen LogP contribution is -2.17. The van der Waals surface area contributed by atoms with Gasteiger partial charge in [-0.1, -0.05) is 11.6 Å². The van der Waals surface area contributed by atoms with Crippen LogP contribution >= 0.6 is 11.6 Å². The molecule has 1 aromatic rings. The summed E-state index contributed by atoms with van der Waals surface area (Å²) < 4.78 is 23.8. The fourth-order valence-electron chi connectivity index (χ4n) is 1.24. The monoisotopic (exact) mass is 247 g/mol. The summed E-state index contributed by atoms with van der Waals surface area (Å²) in [5.41, 5.74) is 6.06. The SMILES string of the molecule is CC(C)S(=O)(=O)c1ccc(Cl)cc1CN.